The predicted molar refractivity (Wildman–Crippen MR) is 226 cm³/mol. The Morgan fingerprint density at radius 3 is 1.04 bits per heavy atom. The van der Waals surface area contributed by atoms with Gasteiger partial charge in [0, 0.05) is 24.2 Å². The first-order valence-electron chi connectivity index (χ1n) is 20.0. The van der Waals surface area contributed by atoms with Gasteiger partial charge in [-0.25, -0.2) is 0 Å². The maximum atomic E-state index is 15.1. The summed E-state index contributed by atoms with van der Waals surface area (Å²) in [6.45, 7) is 5.60. The van der Waals surface area contributed by atoms with Crippen LogP contribution in [0, 0.1) is 0 Å². The minimum Gasteiger partial charge on any atom is -0.307 e. The standard InChI is InChI=1S/C50H44N2O2/c1-3-5-7-9-25-51-47(39-27-35-21-17-31-13-11-14-32-18-22-36(28-39)43(35)41(31)32)45-46(49(51)53)48(52(50(45)54)26-10-8-6-4-2)40-29-37-23-19-33-15-12-16-34-20-24-38(30-40)44(37)42(33)34/h11-24,27-30H,3-10,25-26H2,1-2H3. The number of fused-ring (bicyclic) bond motifs is 1. The highest BCUT2D eigenvalue weighted by molar-refractivity contribution is 6.32. The Labute approximate surface area is 316 Å². The maximum Gasteiger partial charge on any atom is 0.261 e. The van der Waals surface area contributed by atoms with E-state index in [2.05, 4.69) is 123 Å². The zero-order chi connectivity index (χ0) is 36.5. The van der Waals surface area contributed by atoms with Gasteiger partial charge in [-0.3, -0.25) is 9.59 Å². The third-order valence-corrected chi connectivity index (χ3v) is 12.1. The van der Waals surface area contributed by atoms with Crippen LogP contribution >= 0.6 is 0 Å². The molecular weight excluding hydrogens is 661 g/mol. The van der Waals surface area contributed by atoms with Gasteiger partial charge in [0.1, 0.15) is 0 Å². The van der Waals surface area contributed by atoms with Crippen molar-refractivity contribution in [2.24, 2.45) is 0 Å². The molecule has 0 spiro atoms. The van der Waals surface area contributed by atoms with Crippen LogP contribution < -0.4 is 0 Å². The fraction of sp³-hybridized carbons (Fsp3) is 0.240. The number of hydrogen-bond acceptors (Lipinski definition) is 2. The van der Waals surface area contributed by atoms with Gasteiger partial charge < -0.3 is 9.80 Å². The van der Waals surface area contributed by atoms with Crippen LogP contribution in [0.5, 0.6) is 0 Å². The van der Waals surface area contributed by atoms with Gasteiger partial charge in [0.05, 0.1) is 22.5 Å². The summed E-state index contributed by atoms with van der Waals surface area (Å²) in [6, 6.07) is 39.4. The molecule has 0 saturated heterocycles. The van der Waals surface area contributed by atoms with Gasteiger partial charge in [-0.05, 0) is 102 Å². The summed E-state index contributed by atoms with van der Waals surface area (Å²) >= 11 is 0. The molecule has 10 rings (SSSR count). The van der Waals surface area contributed by atoms with Crippen molar-refractivity contribution in [3.05, 3.63) is 131 Å². The molecule has 0 fully saturated rings. The molecule has 4 heteroatoms. The van der Waals surface area contributed by atoms with Crippen LogP contribution in [0.1, 0.15) is 76.3 Å². The van der Waals surface area contributed by atoms with Crippen molar-refractivity contribution in [1.82, 2.24) is 9.80 Å². The minimum atomic E-state index is -0.0499. The Bertz CT molecular complexity index is 2540. The maximum absolute atomic E-state index is 15.1. The Kier molecular flexibility index (Phi) is 7.90. The van der Waals surface area contributed by atoms with Crippen molar-refractivity contribution in [3.63, 3.8) is 0 Å². The van der Waals surface area contributed by atoms with Crippen LogP contribution in [0.3, 0.4) is 0 Å². The normalized spacial score (nSPS) is 15.1. The molecule has 8 aromatic rings. The van der Waals surface area contributed by atoms with Crippen LogP contribution in [-0.4, -0.2) is 34.7 Å². The summed E-state index contributed by atoms with van der Waals surface area (Å²) in [7, 11) is 0. The number of amides is 2. The molecule has 0 bridgehead atoms. The van der Waals surface area contributed by atoms with E-state index < -0.39 is 0 Å². The van der Waals surface area contributed by atoms with Crippen molar-refractivity contribution >= 4 is 87.8 Å². The zero-order valence-corrected chi connectivity index (χ0v) is 31.2. The lowest BCUT2D eigenvalue weighted by Crippen LogP contribution is -2.31. The second-order valence-electron chi connectivity index (χ2n) is 15.5. The van der Waals surface area contributed by atoms with Crippen LogP contribution in [-0.2, 0) is 9.59 Å². The minimum absolute atomic E-state index is 0.0499. The average Bonchev–Trinajstić information content (AvgIpc) is 3.65. The molecule has 2 heterocycles. The third-order valence-electron chi connectivity index (χ3n) is 12.1. The van der Waals surface area contributed by atoms with Gasteiger partial charge >= 0.3 is 0 Å². The highest BCUT2D eigenvalue weighted by atomic mass is 16.2. The van der Waals surface area contributed by atoms with E-state index in [9.17, 15) is 0 Å². The Hall–Kier alpha value is -5.74. The molecule has 2 aliphatic rings. The molecule has 0 saturated carbocycles. The third kappa shape index (κ3) is 4.96. The Morgan fingerprint density at radius 2 is 0.704 bits per heavy atom. The molecule has 2 amide bonds. The van der Waals surface area contributed by atoms with Crippen LogP contribution in [0.25, 0.3) is 76.0 Å². The molecule has 0 aromatic heterocycles. The molecule has 4 nitrogen and oxygen atoms in total. The zero-order valence-electron chi connectivity index (χ0n) is 31.2. The number of carbonyl (C=O) groups excluding carboxylic acids is 2. The summed E-state index contributed by atoms with van der Waals surface area (Å²) in [4.78, 5) is 34.1. The van der Waals surface area contributed by atoms with Crippen molar-refractivity contribution in [1.29, 1.82) is 0 Å². The Balaban J connectivity index is 1.21. The summed E-state index contributed by atoms with van der Waals surface area (Å²) in [6.07, 6.45) is 8.35. The number of hydrogen-bond donors (Lipinski definition) is 0. The van der Waals surface area contributed by atoms with Gasteiger partial charge in [-0.2, -0.15) is 0 Å². The second kappa shape index (κ2) is 13.0. The van der Waals surface area contributed by atoms with E-state index in [0.717, 1.165) is 95.4 Å². The number of unbranched alkanes of at least 4 members (excludes halogenated alkanes) is 6. The van der Waals surface area contributed by atoms with Gasteiger partial charge in [0.2, 0.25) is 0 Å². The summed E-state index contributed by atoms with van der Waals surface area (Å²) < 4.78 is 0. The first-order chi connectivity index (χ1) is 26.6. The van der Waals surface area contributed by atoms with Gasteiger partial charge in [-0.15, -0.1) is 0 Å². The van der Waals surface area contributed by atoms with Crippen molar-refractivity contribution < 1.29 is 9.59 Å². The first kappa shape index (κ1) is 32.9. The van der Waals surface area contributed by atoms with E-state index >= 15 is 9.59 Å². The number of benzene rings is 8. The van der Waals surface area contributed by atoms with Gasteiger partial charge in [0.15, 0.2) is 0 Å². The molecule has 0 atom stereocenters. The van der Waals surface area contributed by atoms with Crippen LogP contribution in [0.4, 0.5) is 0 Å². The molecule has 8 aromatic carbocycles. The van der Waals surface area contributed by atoms with E-state index in [1.54, 1.807) is 0 Å². The lowest BCUT2D eigenvalue weighted by molar-refractivity contribution is -0.124. The first-order valence-corrected chi connectivity index (χ1v) is 20.0. The van der Waals surface area contributed by atoms with Crippen LogP contribution in [0.2, 0.25) is 0 Å². The predicted octanol–water partition coefficient (Wildman–Crippen LogP) is 12.4. The second-order valence-corrected chi connectivity index (χ2v) is 15.5. The highest BCUT2D eigenvalue weighted by Gasteiger charge is 2.48. The summed E-state index contributed by atoms with van der Waals surface area (Å²) in [5, 5.41) is 14.4. The lowest BCUT2D eigenvalue weighted by atomic mass is 9.91. The fourth-order valence-corrected chi connectivity index (χ4v) is 9.60. The van der Waals surface area contributed by atoms with E-state index in [1.165, 1.54) is 43.1 Å². The average molecular weight is 705 g/mol. The van der Waals surface area contributed by atoms with Crippen molar-refractivity contribution in [2.75, 3.05) is 13.1 Å². The molecule has 0 aliphatic carbocycles. The molecule has 54 heavy (non-hydrogen) atoms. The molecule has 0 unspecified atom stereocenters. The fourth-order valence-electron chi connectivity index (χ4n) is 9.60. The van der Waals surface area contributed by atoms with E-state index in [4.69, 9.17) is 0 Å². The van der Waals surface area contributed by atoms with Crippen molar-refractivity contribution in [2.45, 2.75) is 65.2 Å². The van der Waals surface area contributed by atoms with E-state index in [0.29, 0.717) is 24.2 Å². The number of carbonyl (C=O) groups is 2. The van der Waals surface area contributed by atoms with Gasteiger partial charge in [-0.1, -0.05) is 137 Å². The molecule has 266 valence electrons. The van der Waals surface area contributed by atoms with E-state index in [1.807, 2.05) is 9.80 Å². The smallest absolute Gasteiger partial charge is 0.261 e. The summed E-state index contributed by atoms with van der Waals surface area (Å²) in [5.41, 5.74) is 4.55. The molecule has 0 radical (unpaired) electrons. The number of rotatable bonds is 12. The van der Waals surface area contributed by atoms with Gasteiger partial charge in [0.25, 0.3) is 11.8 Å². The van der Waals surface area contributed by atoms with Crippen molar-refractivity contribution in [3.8, 4) is 0 Å². The molecule has 0 N–H and O–H groups in total. The molecule has 2 aliphatic heterocycles. The van der Waals surface area contributed by atoms with Crippen LogP contribution in [0.15, 0.2) is 120 Å². The topological polar surface area (TPSA) is 40.6 Å². The Morgan fingerprint density at radius 1 is 0.389 bits per heavy atom. The van der Waals surface area contributed by atoms with E-state index in [-0.39, 0.29) is 11.8 Å². The SMILES string of the molecule is CCCCCCN1C(=O)C2=C(c3cc4ccc5cccc6ccc(c3)c4c56)N(CCCCCC)C(=O)C2=C1c1cc2ccc3cccc4ccc(c1)c2c34. The highest BCUT2D eigenvalue weighted by Crippen LogP contribution is 2.49. The quantitative estimate of drug-likeness (QED) is 0.0938. The largest absolute Gasteiger partial charge is 0.307 e. The monoisotopic (exact) mass is 704 g/mol. The summed E-state index contributed by atoms with van der Waals surface area (Å²) in [5.74, 6) is -0.0999. The number of nitrogens with zero attached hydrogens (tertiary/aromatic N) is 2. The lowest BCUT2D eigenvalue weighted by Gasteiger charge is -2.26. The molecular formula is C50H44N2O2.